The summed E-state index contributed by atoms with van der Waals surface area (Å²) in [6.45, 7) is 7.62. The number of likely N-dealkylation sites (N-methyl/N-ethyl adjacent to an activating group) is 1. The molecule has 1 fully saturated rings. The maximum Gasteiger partial charge on any atom is 0.243 e. The number of sulfonamides is 1. The van der Waals surface area contributed by atoms with Crippen LogP contribution in [0, 0.1) is 0 Å². The van der Waals surface area contributed by atoms with Crippen LogP contribution in [0.1, 0.15) is 44.6 Å². The molecule has 0 saturated carbocycles. The first-order chi connectivity index (χ1) is 10.4. The second-order valence-corrected chi connectivity index (χ2v) is 8.43. The van der Waals surface area contributed by atoms with Gasteiger partial charge in [0.25, 0.3) is 0 Å². The number of hydrogen-bond donors (Lipinski definition) is 0. The molecule has 1 aromatic rings. The minimum absolute atomic E-state index is 0.196. The van der Waals surface area contributed by atoms with Gasteiger partial charge in [-0.1, -0.05) is 38.5 Å². The molecule has 0 aromatic heterocycles. The summed E-state index contributed by atoms with van der Waals surface area (Å²) in [5.41, 5.74) is 0.896. The van der Waals surface area contributed by atoms with Gasteiger partial charge in [0.1, 0.15) is 0 Å². The van der Waals surface area contributed by atoms with E-state index in [1.54, 1.807) is 19.2 Å². The third kappa shape index (κ3) is 4.09. The molecule has 0 N–H and O–H groups in total. The lowest BCUT2D eigenvalue weighted by Crippen LogP contribution is -2.38. The minimum Gasteiger partial charge on any atom is -0.302 e. The Labute approximate surface area is 135 Å². The summed E-state index contributed by atoms with van der Waals surface area (Å²) >= 11 is 0. The highest BCUT2D eigenvalue weighted by Crippen LogP contribution is 2.25. The molecule has 4 nitrogen and oxygen atoms in total. The van der Waals surface area contributed by atoms with Crippen LogP contribution in [0.2, 0.25) is 0 Å². The summed E-state index contributed by atoms with van der Waals surface area (Å²) in [7, 11) is -1.72. The molecule has 2 rings (SSSR count). The Morgan fingerprint density at radius 2 is 1.77 bits per heavy atom. The van der Waals surface area contributed by atoms with E-state index in [2.05, 4.69) is 4.90 Å². The van der Waals surface area contributed by atoms with Crippen molar-refractivity contribution in [1.29, 1.82) is 0 Å². The average Bonchev–Trinajstić information content (AvgIpc) is 2.53. The van der Waals surface area contributed by atoms with Gasteiger partial charge in [0.05, 0.1) is 4.90 Å². The van der Waals surface area contributed by atoms with Crippen LogP contribution in [0.3, 0.4) is 0 Å². The van der Waals surface area contributed by atoms with Crippen molar-refractivity contribution in [1.82, 2.24) is 9.21 Å². The number of benzene rings is 1. The van der Waals surface area contributed by atoms with Gasteiger partial charge in [-0.2, -0.15) is 4.31 Å². The Morgan fingerprint density at radius 3 is 2.41 bits per heavy atom. The monoisotopic (exact) mass is 324 g/mol. The summed E-state index contributed by atoms with van der Waals surface area (Å²) < 4.78 is 27.2. The van der Waals surface area contributed by atoms with Crippen molar-refractivity contribution in [3.05, 3.63) is 29.8 Å². The van der Waals surface area contributed by atoms with E-state index in [4.69, 9.17) is 0 Å². The van der Waals surface area contributed by atoms with E-state index in [1.807, 2.05) is 26.0 Å². The van der Waals surface area contributed by atoms with E-state index in [0.717, 1.165) is 25.2 Å². The van der Waals surface area contributed by atoms with Gasteiger partial charge < -0.3 is 4.90 Å². The van der Waals surface area contributed by atoms with Crippen LogP contribution in [-0.2, 0) is 10.0 Å². The molecule has 1 aromatic carbocycles. The van der Waals surface area contributed by atoms with Crippen LogP contribution in [0.4, 0.5) is 0 Å². The van der Waals surface area contributed by atoms with Crippen LogP contribution < -0.4 is 0 Å². The topological polar surface area (TPSA) is 40.6 Å². The molecule has 0 amide bonds. The predicted octanol–water partition coefficient (Wildman–Crippen LogP) is 2.92. The molecule has 0 radical (unpaired) electrons. The molecule has 22 heavy (non-hydrogen) atoms. The fourth-order valence-corrected chi connectivity index (χ4v) is 4.46. The summed E-state index contributed by atoms with van der Waals surface area (Å²) in [4.78, 5) is 2.82. The fraction of sp³-hybridized carbons (Fsp3) is 0.647. The maximum atomic E-state index is 12.8. The molecular formula is C17H28N2O2S. The van der Waals surface area contributed by atoms with Crippen molar-refractivity contribution in [3.63, 3.8) is 0 Å². The number of likely N-dealkylation sites (tertiary alicyclic amines) is 1. The molecule has 1 aliphatic heterocycles. The van der Waals surface area contributed by atoms with Gasteiger partial charge in [0.15, 0.2) is 0 Å². The summed E-state index contributed by atoms with van der Waals surface area (Å²) in [5, 5.41) is 0. The molecule has 1 aliphatic rings. The lowest BCUT2D eigenvalue weighted by molar-refractivity contribution is 0.218. The SMILES string of the molecule is CC(C)c1ccccc1S(=O)(=O)N(C)CCN1CCCCC1. The molecule has 0 spiro atoms. The first kappa shape index (κ1) is 17.4. The highest BCUT2D eigenvalue weighted by Gasteiger charge is 2.25. The molecule has 0 atom stereocenters. The first-order valence-corrected chi connectivity index (χ1v) is 9.64. The van der Waals surface area contributed by atoms with Gasteiger partial charge >= 0.3 is 0 Å². The van der Waals surface area contributed by atoms with Gasteiger partial charge in [0.2, 0.25) is 10.0 Å². The van der Waals surface area contributed by atoms with Crippen LogP contribution in [0.25, 0.3) is 0 Å². The molecule has 0 aliphatic carbocycles. The van der Waals surface area contributed by atoms with Gasteiger partial charge in [-0.25, -0.2) is 8.42 Å². The van der Waals surface area contributed by atoms with E-state index in [0.29, 0.717) is 11.4 Å². The van der Waals surface area contributed by atoms with Crippen molar-refractivity contribution in [2.45, 2.75) is 43.9 Å². The highest BCUT2D eigenvalue weighted by molar-refractivity contribution is 7.89. The van der Waals surface area contributed by atoms with E-state index in [1.165, 1.54) is 23.6 Å². The zero-order valence-corrected chi connectivity index (χ0v) is 14.8. The summed E-state index contributed by atoms with van der Waals surface area (Å²) in [6, 6.07) is 7.34. The van der Waals surface area contributed by atoms with Crippen molar-refractivity contribution in [2.75, 3.05) is 33.2 Å². The van der Waals surface area contributed by atoms with Crippen molar-refractivity contribution in [2.24, 2.45) is 0 Å². The van der Waals surface area contributed by atoms with Crippen molar-refractivity contribution < 1.29 is 8.42 Å². The number of piperidine rings is 1. The van der Waals surface area contributed by atoms with Crippen molar-refractivity contribution in [3.8, 4) is 0 Å². The van der Waals surface area contributed by atoms with E-state index in [9.17, 15) is 8.42 Å². The lowest BCUT2D eigenvalue weighted by atomic mass is 10.0. The van der Waals surface area contributed by atoms with Crippen LogP contribution in [0.15, 0.2) is 29.2 Å². The quantitative estimate of drug-likeness (QED) is 0.808. The van der Waals surface area contributed by atoms with Gasteiger partial charge in [-0.15, -0.1) is 0 Å². The molecule has 0 unspecified atom stereocenters. The summed E-state index contributed by atoms with van der Waals surface area (Å²) in [6.07, 6.45) is 3.76. The normalized spacial score (nSPS) is 17.3. The largest absolute Gasteiger partial charge is 0.302 e. The average molecular weight is 324 g/mol. The second-order valence-electron chi connectivity index (χ2n) is 6.42. The number of nitrogens with zero attached hydrogens (tertiary/aromatic N) is 2. The fourth-order valence-electron chi connectivity index (χ4n) is 2.95. The van der Waals surface area contributed by atoms with E-state index < -0.39 is 10.0 Å². The Balaban J connectivity index is 2.08. The number of hydrogen-bond acceptors (Lipinski definition) is 3. The van der Waals surface area contributed by atoms with Crippen LogP contribution in [0.5, 0.6) is 0 Å². The molecule has 124 valence electrons. The van der Waals surface area contributed by atoms with E-state index in [-0.39, 0.29) is 5.92 Å². The maximum absolute atomic E-state index is 12.8. The molecular weight excluding hydrogens is 296 g/mol. The third-order valence-corrected chi connectivity index (χ3v) is 6.34. The molecule has 1 saturated heterocycles. The smallest absolute Gasteiger partial charge is 0.243 e. The Morgan fingerprint density at radius 1 is 1.14 bits per heavy atom. The number of rotatable bonds is 6. The predicted molar refractivity (Wildman–Crippen MR) is 90.6 cm³/mol. The Kier molecular flexibility index (Phi) is 6.01. The third-order valence-electron chi connectivity index (χ3n) is 4.41. The zero-order valence-electron chi connectivity index (χ0n) is 14.0. The first-order valence-electron chi connectivity index (χ1n) is 8.20. The van der Waals surface area contributed by atoms with Gasteiger partial charge in [-0.05, 0) is 43.5 Å². The second kappa shape index (κ2) is 7.57. The van der Waals surface area contributed by atoms with Gasteiger partial charge in [-0.3, -0.25) is 0 Å². The zero-order chi connectivity index (χ0) is 16.2. The summed E-state index contributed by atoms with van der Waals surface area (Å²) in [5.74, 6) is 0.196. The standard InChI is InChI=1S/C17H28N2O2S/c1-15(2)16-9-5-6-10-17(16)22(20,21)18(3)13-14-19-11-7-4-8-12-19/h5-6,9-10,15H,4,7-8,11-14H2,1-3H3. The van der Waals surface area contributed by atoms with E-state index >= 15 is 0 Å². The van der Waals surface area contributed by atoms with Crippen molar-refractivity contribution >= 4 is 10.0 Å². The Hall–Kier alpha value is -0.910. The molecule has 1 heterocycles. The molecule has 0 bridgehead atoms. The van der Waals surface area contributed by atoms with Crippen LogP contribution in [-0.4, -0.2) is 50.8 Å². The van der Waals surface area contributed by atoms with Gasteiger partial charge in [0, 0.05) is 20.1 Å². The van der Waals surface area contributed by atoms with Crippen LogP contribution >= 0.6 is 0 Å². The minimum atomic E-state index is -3.41. The molecule has 5 heteroatoms. The lowest BCUT2D eigenvalue weighted by Gasteiger charge is -2.28. The highest BCUT2D eigenvalue weighted by atomic mass is 32.2. The Bertz CT molecular complexity index is 578.